The van der Waals surface area contributed by atoms with Crippen LogP contribution in [-0.4, -0.2) is 30.5 Å². The SMILES string of the molecule is COc1ccc(B2OC(C)(C)C(C)(C)O2)c2cc(C)cc(O)c12. The summed E-state index contributed by atoms with van der Waals surface area (Å²) in [7, 11) is 1.12. The minimum Gasteiger partial charge on any atom is -0.507 e. The number of fused-ring (bicyclic) bond motifs is 1. The molecule has 1 fully saturated rings. The molecule has 122 valence electrons. The summed E-state index contributed by atoms with van der Waals surface area (Å²) in [6.45, 7) is 10.1. The molecule has 4 nitrogen and oxygen atoms in total. The predicted octanol–water partition coefficient (Wildman–Crippen LogP) is 3.16. The molecule has 1 N–H and O–H groups in total. The first-order valence-corrected chi connectivity index (χ1v) is 7.82. The lowest BCUT2D eigenvalue weighted by molar-refractivity contribution is 0.00578. The van der Waals surface area contributed by atoms with Crippen LogP contribution in [0.2, 0.25) is 0 Å². The second-order valence-corrected chi connectivity index (χ2v) is 7.15. The van der Waals surface area contributed by atoms with E-state index in [2.05, 4.69) is 0 Å². The third-order valence-electron chi connectivity index (χ3n) is 4.96. The van der Waals surface area contributed by atoms with Gasteiger partial charge in [0.15, 0.2) is 0 Å². The second-order valence-electron chi connectivity index (χ2n) is 7.15. The van der Waals surface area contributed by atoms with Crippen molar-refractivity contribution in [3.63, 3.8) is 0 Å². The van der Waals surface area contributed by atoms with Crippen LogP contribution in [0.25, 0.3) is 10.8 Å². The highest BCUT2D eigenvalue weighted by Crippen LogP contribution is 2.39. The van der Waals surface area contributed by atoms with Gasteiger partial charge in [-0.25, -0.2) is 0 Å². The average Bonchev–Trinajstić information content (AvgIpc) is 2.65. The Morgan fingerprint density at radius 2 is 1.65 bits per heavy atom. The summed E-state index contributed by atoms with van der Waals surface area (Å²) in [5.74, 6) is 0.841. The normalized spacial score (nSPS) is 19.3. The van der Waals surface area contributed by atoms with Gasteiger partial charge < -0.3 is 19.2 Å². The molecular weight excluding hydrogens is 291 g/mol. The Labute approximate surface area is 137 Å². The van der Waals surface area contributed by atoms with Gasteiger partial charge in [-0.15, -0.1) is 0 Å². The number of rotatable bonds is 2. The fraction of sp³-hybridized carbons (Fsp3) is 0.444. The molecule has 0 radical (unpaired) electrons. The van der Waals surface area contributed by atoms with Gasteiger partial charge in [-0.1, -0.05) is 12.1 Å². The Hall–Kier alpha value is -1.72. The number of methoxy groups -OCH3 is 1. The first-order chi connectivity index (χ1) is 10.7. The number of phenolic OH excluding ortho intramolecular Hbond substituents is 1. The van der Waals surface area contributed by atoms with Gasteiger partial charge in [-0.2, -0.15) is 0 Å². The van der Waals surface area contributed by atoms with E-state index in [9.17, 15) is 5.11 Å². The molecule has 1 aliphatic heterocycles. The molecule has 0 aromatic heterocycles. The van der Waals surface area contributed by atoms with Gasteiger partial charge in [-0.3, -0.25) is 0 Å². The van der Waals surface area contributed by atoms with Crippen LogP contribution in [0.5, 0.6) is 11.5 Å². The van der Waals surface area contributed by atoms with Gasteiger partial charge in [0.2, 0.25) is 0 Å². The van der Waals surface area contributed by atoms with Gasteiger partial charge in [0.05, 0.1) is 23.7 Å². The Morgan fingerprint density at radius 1 is 1.04 bits per heavy atom. The van der Waals surface area contributed by atoms with Crippen molar-refractivity contribution >= 4 is 23.4 Å². The molecule has 2 aromatic rings. The van der Waals surface area contributed by atoms with Gasteiger partial charge in [0, 0.05) is 0 Å². The summed E-state index contributed by atoms with van der Waals surface area (Å²) in [5.41, 5.74) is 1.06. The van der Waals surface area contributed by atoms with Crippen molar-refractivity contribution < 1.29 is 19.2 Å². The number of phenols is 1. The number of aryl methyl sites for hydroxylation is 1. The molecule has 0 aliphatic carbocycles. The Balaban J connectivity index is 2.20. The van der Waals surface area contributed by atoms with E-state index in [-0.39, 0.29) is 5.75 Å². The second kappa shape index (κ2) is 5.15. The summed E-state index contributed by atoms with van der Waals surface area (Å²) in [5, 5.41) is 11.9. The van der Waals surface area contributed by atoms with Crippen LogP contribution in [0.4, 0.5) is 0 Å². The van der Waals surface area contributed by atoms with Crippen molar-refractivity contribution in [2.24, 2.45) is 0 Å². The highest BCUT2D eigenvalue weighted by molar-refractivity contribution is 6.65. The number of hydrogen-bond acceptors (Lipinski definition) is 4. The van der Waals surface area contributed by atoms with E-state index in [0.717, 1.165) is 16.4 Å². The van der Waals surface area contributed by atoms with Crippen LogP contribution in [-0.2, 0) is 9.31 Å². The van der Waals surface area contributed by atoms with E-state index in [1.54, 1.807) is 13.2 Å². The molecule has 0 bridgehead atoms. The minimum atomic E-state index is -0.477. The third-order valence-corrected chi connectivity index (χ3v) is 4.96. The molecule has 1 aliphatic rings. The number of benzene rings is 2. The van der Waals surface area contributed by atoms with Crippen molar-refractivity contribution in [2.75, 3.05) is 7.11 Å². The minimum absolute atomic E-state index is 0.204. The molecule has 0 atom stereocenters. The van der Waals surface area contributed by atoms with Gasteiger partial charge in [0.1, 0.15) is 11.5 Å². The van der Waals surface area contributed by atoms with E-state index < -0.39 is 18.3 Å². The maximum atomic E-state index is 10.4. The molecule has 1 heterocycles. The van der Waals surface area contributed by atoms with Crippen LogP contribution in [0.15, 0.2) is 24.3 Å². The fourth-order valence-corrected chi connectivity index (χ4v) is 2.94. The maximum absolute atomic E-state index is 10.4. The molecule has 5 heteroatoms. The molecule has 23 heavy (non-hydrogen) atoms. The van der Waals surface area contributed by atoms with Gasteiger partial charge >= 0.3 is 7.12 Å². The van der Waals surface area contributed by atoms with Crippen LogP contribution in [0.1, 0.15) is 33.3 Å². The molecular formula is C18H23BO4. The molecule has 3 rings (SSSR count). The fourth-order valence-electron chi connectivity index (χ4n) is 2.94. The largest absolute Gasteiger partial charge is 0.507 e. The molecule has 2 aromatic carbocycles. The molecule has 0 spiro atoms. The standard InChI is InChI=1S/C18H23BO4/c1-11-9-12-13(19-22-17(2,3)18(4,5)23-19)7-8-15(21-6)16(12)14(20)10-11/h7-10,20H,1-6H3. The number of aromatic hydroxyl groups is 1. The monoisotopic (exact) mass is 314 g/mol. The van der Waals surface area contributed by atoms with Gasteiger partial charge in [-0.05, 0) is 63.2 Å². The van der Waals surface area contributed by atoms with Crippen LogP contribution in [0, 0.1) is 6.92 Å². The zero-order chi connectivity index (χ0) is 17.0. The van der Waals surface area contributed by atoms with Crippen molar-refractivity contribution in [3.8, 4) is 11.5 Å². The average molecular weight is 314 g/mol. The van der Waals surface area contributed by atoms with E-state index in [0.29, 0.717) is 11.1 Å². The maximum Gasteiger partial charge on any atom is 0.495 e. The Morgan fingerprint density at radius 3 is 2.22 bits per heavy atom. The van der Waals surface area contributed by atoms with Crippen molar-refractivity contribution in [1.82, 2.24) is 0 Å². The van der Waals surface area contributed by atoms with Crippen molar-refractivity contribution in [1.29, 1.82) is 0 Å². The van der Waals surface area contributed by atoms with E-state index in [1.165, 1.54) is 0 Å². The summed E-state index contributed by atoms with van der Waals surface area (Å²) < 4.78 is 17.7. The molecule has 1 saturated heterocycles. The molecule has 0 saturated carbocycles. The van der Waals surface area contributed by atoms with E-state index >= 15 is 0 Å². The smallest absolute Gasteiger partial charge is 0.495 e. The van der Waals surface area contributed by atoms with E-state index in [4.69, 9.17) is 14.0 Å². The van der Waals surface area contributed by atoms with Crippen LogP contribution in [0.3, 0.4) is 0 Å². The Kier molecular flexibility index (Phi) is 3.61. The lowest BCUT2D eigenvalue weighted by Crippen LogP contribution is -2.41. The van der Waals surface area contributed by atoms with Gasteiger partial charge in [0.25, 0.3) is 0 Å². The lowest BCUT2D eigenvalue weighted by Gasteiger charge is -2.32. The summed E-state index contributed by atoms with van der Waals surface area (Å²) in [6, 6.07) is 7.55. The summed E-state index contributed by atoms with van der Waals surface area (Å²) >= 11 is 0. The quantitative estimate of drug-likeness (QED) is 0.865. The highest BCUT2D eigenvalue weighted by atomic mass is 16.7. The van der Waals surface area contributed by atoms with Crippen molar-refractivity contribution in [2.45, 2.75) is 45.8 Å². The van der Waals surface area contributed by atoms with Crippen LogP contribution >= 0.6 is 0 Å². The predicted molar refractivity (Wildman–Crippen MR) is 92.6 cm³/mol. The first kappa shape index (κ1) is 16.2. The highest BCUT2D eigenvalue weighted by Gasteiger charge is 2.52. The number of hydrogen-bond donors (Lipinski definition) is 1. The van der Waals surface area contributed by atoms with Crippen molar-refractivity contribution in [3.05, 3.63) is 29.8 Å². The Bertz CT molecular complexity index is 751. The summed E-state index contributed by atoms with van der Waals surface area (Å²) in [6.07, 6.45) is 0. The molecule has 0 amide bonds. The number of ether oxygens (including phenoxy) is 1. The third kappa shape index (κ3) is 2.48. The zero-order valence-corrected chi connectivity index (χ0v) is 14.6. The zero-order valence-electron chi connectivity index (χ0n) is 14.6. The summed E-state index contributed by atoms with van der Waals surface area (Å²) in [4.78, 5) is 0. The van der Waals surface area contributed by atoms with E-state index in [1.807, 2.05) is 52.8 Å². The topological polar surface area (TPSA) is 47.9 Å². The van der Waals surface area contributed by atoms with Crippen LogP contribution < -0.4 is 10.2 Å². The lowest BCUT2D eigenvalue weighted by atomic mass is 9.75. The molecule has 0 unspecified atom stereocenters. The first-order valence-electron chi connectivity index (χ1n) is 7.82.